The average Bonchev–Trinajstić information content (AvgIpc) is 2.39. The van der Waals surface area contributed by atoms with Gasteiger partial charge in [-0.05, 0) is 29.9 Å². The van der Waals surface area contributed by atoms with Crippen LogP contribution in [0.2, 0.25) is 0 Å². The van der Waals surface area contributed by atoms with Crippen molar-refractivity contribution in [2.24, 2.45) is 11.8 Å². The Balaban J connectivity index is 2.01. The Morgan fingerprint density at radius 1 is 1.12 bits per heavy atom. The number of rotatable bonds is 4. The van der Waals surface area contributed by atoms with Gasteiger partial charge in [-0.3, -0.25) is 0 Å². The second kappa shape index (κ2) is 6.94. The number of alkyl halides is 1. The Kier molecular flexibility index (Phi) is 5.55. The van der Waals surface area contributed by atoms with Gasteiger partial charge in [0.2, 0.25) is 0 Å². The summed E-state index contributed by atoms with van der Waals surface area (Å²) in [7, 11) is 0. The van der Waals surface area contributed by atoms with Crippen molar-refractivity contribution in [2.45, 2.75) is 38.5 Å². The lowest BCUT2D eigenvalue weighted by atomic mass is 9.78. The highest BCUT2D eigenvalue weighted by Crippen LogP contribution is 2.34. The monoisotopic (exact) mass is 358 g/mol. The third-order valence-corrected chi connectivity index (χ3v) is 5.56. The molecule has 1 aromatic rings. The maximum atomic E-state index is 3.72. The van der Waals surface area contributed by atoms with Crippen LogP contribution in [0.25, 0.3) is 0 Å². The molecule has 0 aromatic heterocycles. The molecule has 0 N–H and O–H groups in total. The van der Waals surface area contributed by atoms with Crippen molar-refractivity contribution in [3.8, 4) is 0 Å². The van der Waals surface area contributed by atoms with Crippen LogP contribution in [0.5, 0.6) is 0 Å². The molecule has 0 radical (unpaired) electrons. The molecule has 1 aromatic carbocycles. The molecule has 0 aliphatic heterocycles. The number of benzene rings is 1. The lowest BCUT2D eigenvalue weighted by Crippen LogP contribution is -2.21. The fraction of sp³-hybridized carbons (Fsp3) is 0.600. The molecule has 0 bridgehead atoms. The maximum absolute atomic E-state index is 3.72. The summed E-state index contributed by atoms with van der Waals surface area (Å²) in [5.41, 5.74) is 1.46. The second-order valence-electron chi connectivity index (χ2n) is 5.11. The van der Waals surface area contributed by atoms with E-state index in [4.69, 9.17) is 0 Å². The number of hydrogen-bond acceptors (Lipinski definition) is 0. The minimum Gasteiger partial charge on any atom is -0.0925 e. The molecule has 0 spiro atoms. The van der Waals surface area contributed by atoms with Crippen LogP contribution in [-0.2, 0) is 6.42 Å². The quantitative estimate of drug-likeness (QED) is 0.615. The molecule has 17 heavy (non-hydrogen) atoms. The van der Waals surface area contributed by atoms with Gasteiger partial charge in [-0.15, -0.1) is 0 Å². The third kappa shape index (κ3) is 3.82. The van der Waals surface area contributed by atoms with Crippen molar-refractivity contribution < 1.29 is 0 Å². The lowest BCUT2D eigenvalue weighted by molar-refractivity contribution is 0.267. The fourth-order valence-electron chi connectivity index (χ4n) is 2.90. The van der Waals surface area contributed by atoms with Crippen LogP contribution in [0.3, 0.4) is 0 Å². The van der Waals surface area contributed by atoms with Crippen LogP contribution in [0.1, 0.15) is 37.7 Å². The smallest absolute Gasteiger partial charge is 0.0207 e. The highest BCUT2D eigenvalue weighted by molar-refractivity contribution is 9.10. The molecule has 1 aliphatic carbocycles. The topological polar surface area (TPSA) is 0 Å². The van der Waals surface area contributed by atoms with Gasteiger partial charge >= 0.3 is 0 Å². The van der Waals surface area contributed by atoms with Crippen LogP contribution in [0.4, 0.5) is 0 Å². The summed E-state index contributed by atoms with van der Waals surface area (Å²) in [6, 6.07) is 8.65. The summed E-state index contributed by atoms with van der Waals surface area (Å²) >= 11 is 7.38. The summed E-state index contributed by atoms with van der Waals surface area (Å²) in [6.45, 7) is 0. The van der Waals surface area contributed by atoms with E-state index in [1.807, 2.05) is 0 Å². The zero-order valence-corrected chi connectivity index (χ0v) is 13.3. The average molecular weight is 360 g/mol. The fourth-order valence-corrected chi connectivity index (χ4v) is 4.10. The molecule has 94 valence electrons. The highest BCUT2D eigenvalue weighted by atomic mass is 79.9. The molecule has 1 atom stereocenters. The Bertz CT molecular complexity index is 343. The molecular weight excluding hydrogens is 340 g/mol. The largest absolute Gasteiger partial charge is 0.0925 e. The zero-order chi connectivity index (χ0) is 12.1. The maximum Gasteiger partial charge on any atom is 0.0207 e. The van der Waals surface area contributed by atoms with E-state index in [2.05, 4.69) is 56.1 Å². The molecule has 1 aliphatic rings. The molecule has 2 heteroatoms. The summed E-state index contributed by atoms with van der Waals surface area (Å²) in [5, 5.41) is 1.14. The molecule has 0 nitrogen and oxygen atoms in total. The van der Waals surface area contributed by atoms with Crippen molar-refractivity contribution >= 4 is 31.9 Å². The van der Waals surface area contributed by atoms with Crippen molar-refractivity contribution in [1.29, 1.82) is 0 Å². The van der Waals surface area contributed by atoms with E-state index in [0.717, 1.165) is 17.2 Å². The molecular formula is C15H20Br2. The van der Waals surface area contributed by atoms with Gasteiger partial charge < -0.3 is 0 Å². The number of halogens is 2. The molecule has 2 rings (SSSR count). The van der Waals surface area contributed by atoms with Gasteiger partial charge in [0.15, 0.2) is 0 Å². The van der Waals surface area contributed by atoms with Gasteiger partial charge in [-0.25, -0.2) is 0 Å². The van der Waals surface area contributed by atoms with Crippen LogP contribution in [0.15, 0.2) is 28.7 Å². The first-order valence-electron chi connectivity index (χ1n) is 6.60. The van der Waals surface area contributed by atoms with E-state index in [1.165, 1.54) is 48.6 Å². The van der Waals surface area contributed by atoms with Gasteiger partial charge in [0, 0.05) is 9.80 Å². The van der Waals surface area contributed by atoms with Crippen molar-refractivity contribution in [3.05, 3.63) is 34.3 Å². The Labute approximate surface area is 121 Å². The summed E-state index contributed by atoms with van der Waals surface area (Å²) in [6.07, 6.45) is 8.38. The minimum atomic E-state index is 0.800. The predicted molar refractivity (Wildman–Crippen MR) is 81.7 cm³/mol. The van der Waals surface area contributed by atoms with Crippen molar-refractivity contribution in [2.75, 3.05) is 5.33 Å². The summed E-state index contributed by atoms with van der Waals surface area (Å²) < 4.78 is 1.27. The molecule has 0 heterocycles. The van der Waals surface area contributed by atoms with E-state index in [0.29, 0.717) is 0 Å². The lowest BCUT2D eigenvalue weighted by Gasteiger charge is -2.29. The molecule has 1 unspecified atom stereocenters. The molecule has 1 fully saturated rings. The normalized spacial score (nSPS) is 19.2. The van der Waals surface area contributed by atoms with E-state index < -0.39 is 0 Å². The minimum absolute atomic E-state index is 0.800. The molecule has 0 saturated heterocycles. The van der Waals surface area contributed by atoms with E-state index >= 15 is 0 Å². The van der Waals surface area contributed by atoms with Gasteiger partial charge in [-0.2, -0.15) is 0 Å². The van der Waals surface area contributed by atoms with E-state index in [-0.39, 0.29) is 0 Å². The predicted octanol–water partition coefficient (Wildman–Crippen LogP) is 5.58. The van der Waals surface area contributed by atoms with Gasteiger partial charge in [0.1, 0.15) is 0 Å². The summed E-state index contributed by atoms with van der Waals surface area (Å²) in [4.78, 5) is 0. The van der Waals surface area contributed by atoms with Gasteiger partial charge in [0.25, 0.3) is 0 Å². The second-order valence-corrected chi connectivity index (χ2v) is 6.61. The zero-order valence-electron chi connectivity index (χ0n) is 10.2. The Morgan fingerprint density at radius 2 is 1.82 bits per heavy atom. The van der Waals surface area contributed by atoms with Crippen molar-refractivity contribution in [3.63, 3.8) is 0 Å². The van der Waals surface area contributed by atoms with Crippen LogP contribution < -0.4 is 0 Å². The Hall–Kier alpha value is 0.180. The van der Waals surface area contributed by atoms with Crippen LogP contribution >= 0.6 is 31.9 Å². The molecule has 1 saturated carbocycles. The van der Waals surface area contributed by atoms with Crippen molar-refractivity contribution in [1.82, 2.24) is 0 Å². The third-order valence-electron chi connectivity index (χ3n) is 3.95. The van der Waals surface area contributed by atoms with E-state index in [1.54, 1.807) is 0 Å². The number of hydrogen-bond donors (Lipinski definition) is 0. The highest BCUT2D eigenvalue weighted by Gasteiger charge is 2.23. The van der Waals surface area contributed by atoms with Crippen LogP contribution in [0, 0.1) is 11.8 Å². The van der Waals surface area contributed by atoms with E-state index in [9.17, 15) is 0 Å². The Morgan fingerprint density at radius 3 is 2.47 bits per heavy atom. The van der Waals surface area contributed by atoms with Gasteiger partial charge in [-0.1, -0.05) is 82.2 Å². The van der Waals surface area contributed by atoms with Gasteiger partial charge in [0.05, 0.1) is 0 Å². The summed E-state index contributed by atoms with van der Waals surface area (Å²) in [5.74, 6) is 1.73. The standard InChI is InChI=1S/C15H20Br2/c16-11-14(12-6-2-1-3-7-12)10-13-8-4-5-9-15(13)17/h4-5,8-9,12,14H,1-3,6-7,10-11H2. The first-order valence-corrected chi connectivity index (χ1v) is 8.52. The first-order chi connectivity index (χ1) is 8.31. The molecule has 0 amide bonds. The SMILES string of the molecule is BrCC(Cc1ccccc1Br)C1CCCCC1. The first kappa shape index (κ1) is 13.6. The van der Waals surface area contributed by atoms with Crippen LogP contribution in [-0.4, -0.2) is 5.33 Å².